The van der Waals surface area contributed by atoms with Crippen molar-refractivity contribution in [3.8, 4) is 0 Å². The number of fused-ring (bicyclic) bond motifs is 2. The first-order valence-corrected chi connectivity index (χ1v) is 14.9. The number of nitrogens with one attached hydrogen (secondary N) is 2. The number of hydrogen-bond acceptors (Lipinski definition) is 7. The number of ether oxygens (including phenoxy) is 2. The van der Waals surface area contributed by atoms with Gasteiger partial charge in [0.1, 0.15) is 16.8 Å². The summed E-state index contributed by atoms with van der Waals surface area (Å²) in [6.45, 7) is 8.76. The number of hydrogen-bond donors (Lipinski definition) is 2. The smallest absolute Gasteiger partial charge is 0.412 e. The fourth-order valence-corrected chi connectivity index (χ4v) is 6.16. The molecule has 0 aliphatic carbocycles. The van der Waals surface area contributed by atoms with Crippen molar-refractivity contribution in [1.82, 2.24) is 24.7 Å². The second-order valence-electron chi connectivity index (χ2n) is 12.1. The van der Waals surface area contributed by atoms with E-state index < -0.39 is 11.7 Å². The van der Waals surface area contributed by atoms with Crippen LogP contribution in [0.1, 0.15) is 58.6 Å². The normalized spacial score (nSPS) is 15.8. The fraction of sp³-hybridized carbons (Fsp3) is 0.419. The monoisotopic (exact) mass is 652 g/mol. The number of aromatic nitrogens is 2. The predicted octanol–water partition coefficient (Wildman–Crippen LogP) is 4.37. The summed E-state index contributed by atoms with van der Waals surface area (Å²) in [5.74, 6) is -0.223. The third-order valence-electron chi connectivity index (χ3n) is 7.48. The summed E-state index contributed by atoms with van der Waals surface area (Å²) < 4.78 is 14.0. The topological polar surface area (TPSA) is 118 Å². The quantitative estimate of drug-likeness (QED) is 0.389. The molecule has 1 saturated heterocycles. The van der Waals surface area contributed by atoms with Crippen molar-refractivity contribution in [2.45, 2.75) is 51.5 Å². The van der Waals surface area contributed by atoms with Crippen molar-refractivity contribution in [2.24, 2.45) is 0 Å². The van der Waals surface area contributed by atoms with Crippen molar-refractivity contribution in [3.05, 3.63) is 81.3 Å². The molecule has 1 spiro atoms. The van der Waals surface area contributed by atoms with E-state index >= 15 is 0 Å². The zero-order chi connectivity index (χ0) is 30.9. The summed E-state index contributed by atoms with van der Waals surface area (Å²) in [5.41, 5.74) is 3.57. The van der Waals surface area contributed by atoms with Crippen LogP contribution < -0.4 is 10.6 Å². The Morgan fingerprint density at radius 1 is 1.09 bits per heavy atom. The van der Waals surface area contributed by atoms with E-state index in [1.165, 1.54) is 6.20 Å². The third kappa shape index (κ3) is 6.61. The van der Waals surface area contributed by atoms with Gasteiger partial charge in [-0.15, -0.1) is 0 Å². The lowest BCUT2D eigenvalue weighted by atomic mass is 9.88. The van der Waals surface area contributed by atoms with E-state index in [4.69, 9.17) is 9.47 Å². The molecule has 43 heavy (non-hydrogen) atoms. The van der Waals surface area contributed by atoms with Crippen LogP contribution in [0.4, 0.5) is 10.5 Å². The van der Waals surface area contributed by atoms with Gasteiger partial charge in [0.05, 0.1) is 43.0 Å². The van der Waals surface area contributed by atoms with E-state index in [1.807, 2.05) is 30.3 Å². The molecule has 0 saturated carbocycles. The van der Waals surface area contributed by atoms with E-state index in [0.29, 0.717) is 48.9 Å². The minimum atomic E-state index is -0.598. The number of halogens is 1. The van der Waals surface area contributed by atoms with Crippen LogP contribution in [0.3, 0.4) is 0 Å². The molecule has 1 aromatic carbocycles. The van der Waals surface area contributed by atoms with Crippen LogP contribution in [-0.4, -0.2) is 76.7 Å². The highest BCUT2D eigenvalue weighted by Gasteiger charge is 2.51. The molecule has 228 valence electrons. The first-order chi connectivity index (χ1) is 20.4. The molecular weight excluding hydrogens is 616 g/mol. The number of carbonyl (C=O) groups is 3. The van der Waals surface area contributed by atoms with Crippen LogP contribution in [0, 0.1) is 0 Å². The summed E-state index contributed by atoms with van der Waals surface area (Å²) in [6, 6.07) is 13.1. The number of amides is 3. The fourth-order valence-electron chi connectivity index (χ4n) is 5.36. The van der Waals surface area contributed by atoms with Gasteiger partial charge < -0.3 is 24.3 Å². The Bertz CT molecular complexity index is 1510. The van der Waals surface area contributed by atoms with E-state index in [9.17, 15) is 14.4 Å². The first kappa shape index (κ1) is 30.7. The zero-order valence-corrected chi connectivity index (χ0v) is 26.7. The Kier molecular flexibility index (Phi) is 8.64. The minimum absolute atomic E-state index is 0.0241. The van der Waals surface area contributed by atoms with Gasteiger partial charge >= 0.3 is 6.09 Å². The SMILES string of the molecule is CN(C)C(=O)c1ccc(CN2CCn3c(C(=O)NCc4ccc(NC(=O)OC(C)(C)C)cn4)cc(Br)c3C23COC3)cc1. The van der Waals surface area contributed by atoms with Gasteiger partial charge in [-0.25, -0.2) is 4.79 Å². The molecule has 0 unspecified atom stereocenters. The highest BCUT2D eigenvalue weighted by molar-refractivity contribution is 9.10. The Morgan fingerprint density at radius 3 is 2.40 bits per heavy atom. The highest BCUT2D eigenvalue weighted by Crippen LogP contribution is 2.44. The van der Waals surface area contributed by atoms with Gasteiger partial charge in [0.2, 0.25) is 0 Å². The van der Waals surface area contributed by atoms with Crippen LogP contribution >= 0.6 is 15.9 Å². The summed E-state index contributed by atoms with van der Waals surface area (Å²) >= 11 is 3.73. The van der Waals surface area contributed by atoms with Crippen molar-refractivity contribution >= 4 is 39.5 Å². The Labute approximate surface area is 259 Å². The van der Waals surface area contributed by atoms with Crippen LogP contribution in [0.5, 0.6) is 0 Å². The van der Waals surface area contributed by atoms with Gasteiger partial charge in [-0.3, -0.25) is 24.8 Å². The molecular formula is C31H37BrN6O5. The Hall–Kier alpha value is -3.74. The maximum absolute atomic E-state index is 13.3. The minimum Gasteiger partial charge on any atom is -0.444 e. The standard InChI is InChI=1S/C31H37BrN6O5/c1-30(2,3)43-29(41)35-23-11-10-22(33-16-23)15-34-27(39)25-14-24(32)26-31(18-42-19-31)37(12-13-38(25)26)17-20-6-8-21(9-7-20)28(40)36(4)5/h6-11,14,16H,12-13,15,17-19H2,1-5H3,(H,34,39)(H,35,41). The van der Waals surface area contributed by atoms with E-state index in [1.54, 1.807) is 51.9 Å². The van der Waals surface area contributed by atoms with E-state index in [-0.39, 0.29) is 23.9 Å². The second kappa shape index (κ2) is 12.1. The van der Waals surface area contributed by atoms with Crippen molar-refractivity contribution in [2.75, 3.05) is 39.2 Å². The van der Waals surface area contributed by atoms with Crippen molar-refractivity contribution in [3.63, 3.8) is 0 Å². The maximum atomic E-state index is 13.3. The number of nitrogens with zero attached hydrogens (tertiary/aromatic N) is 4. The lowest BCUT2D eigenvalue weighted by Crippen LogP contribution is -2.63. The molecule has 4 heterocycles. The van der Waals surface area contributed by atoms with Crippen LogP contribution in [0.25, 0.3) is 0 Å². The average Bonchev–Trinajstić information content (AvgIpc) is 3.27. The van der Waals surface area contributed by atoms with Gasteiger partial charge in [0.15, 0.2) is 0 Å². The molecule has 0 bridgehead atoms. The molecule has 0 radical (unpaired) electrons. The lowest BCUT2D eigenvalue weighted by Gasteiger charge is -2.53. The summed E-state index contributed by atoms with van der Waals surface area (Å²) in [6.07, 6.45) is 0.977. The molecule has 11 nitrogen and oxygen atoms in total. The lowest BCUT2D eigenvalue weighted by molar-refractivity contribution is -0.163. The van der Waals surface area contributed by atoms with Gasteiger partial charge in [-0.05, 0) is 72.6 Å². The molecule has 2 N–H and O–H groups in total. The Balaban J connectivity index is 1.25. The summed E-state index contributed by atoms with van der Waals surface area (Å²) in [7, 11) is 3.49. The molecule has 3 aromatic rings. The molecule has 1 fully saturated rings. The molecule has 2 aliphatic heterocycles. The average molecular weight is 654 g/mol. The zero-order valence-electron chi connectivity index (χ0n) is 25.1. The number of rotatable bonds is 7. The van der Waals surface area contributed by atoms with Gasteiger partial charge in [0, 0.05) is 43.8 Å². The molecule has 5 rings (SSSR count). The number of pyridine rings is 1. The first-order valence-electron chi connectivity index (χ1n) is 14.1. The molecule has 0 atom stereocenters. The van der Waals surface area contributed by atoms with E-state index in [2.05, 4.69) is 41.0 Å². The van der Waals surface area contributed by atoms with Gasteiger partial charge in [-0.1, -0.05) is 12.1 Å². The van der Waals surface area contributed by atoms with Crippen LogP contribution in [0.2, 0.25) is 0 Å². The molecule has 2 aliphatic rings. The number of anilines is 1. The van der Waals surface area contributed by atoms with E-state index in [0.717, 1.165) is 22.3 Å². The van der Waals surface area contributed by atoms with Crippen LogP contribution in [-0.2, 0) is 34.6 Å². The number of benzene rings is 1. The van der Waals surface area contributed by atoms with Gasteiger partial charge in [0.25, 0.3) is 11.8 Å². The highest BCUT2D eigenvalue weighted by atomic mass is 79.9. The molecule has 3 amide bonds. The largest absolute Gasteiger partial charge is 0.444 e. The third-order valence-corrected chi connectivity index (χ3v) is 8.09. The summed E-state index contributed by atoms with van der Waals surface area (Å²) in [5, 5.41) is 5.63. The molecule has 2 aromatic heterocycles. The van der Waals surface area contributed by atoms with Crippen molar-refractivity contribution in [1.29, 1.82) is 0 Å². The predicted molar refractivity (Wildman–Crippen MR) is 165 cm³/mol. The molecule has 12 heteroatoms. The van der Waals surface area contributed by atoms with Crippen molar-refractivity contribution < 1.29 is 23.9 Å². The Morgan fingerprint density at radius 2 is 1.81 bits per heavy atom. The summed E-state index contributed by atoms with van der Waals surface area (Å²) in [4.78, 5) is 46.0. The van der Waals surface area contributed by atoms with Gasteiger partial charge in [-0.2, -0.15) is 0 Å². The van der Waals surface area contributed by atoms with Crippen LogP contribution in [0.15, 0.2) is 53.1 Å². The maximum Gasteiger partial charge on any atom is 0.412 e. The second-order valence-corrected chi connectivity index (χ2v) is 12.9. The number of carbonyl (C=O) groups excluding carboxylic acids is 3.